The molecule has 0 bridgehead atoms. The van der Waals surface area contributed by atoms with E-state index in [-0.39, 0.29) is 24.0 Å². The van der Waals surface area contributed by atoms with Crippen LogP contribution in [0.15, 0.2) is 52.8 Å². The Bertz CT molecular complexity index is 669. The molecule has 3 rings (SSSR count). The van der Waals surface area contributed by atoms with Crippen molar-refractivity contribution in [3.8, 4) is 0 Å². The highest BCUT2D eigenvalue weighted by atomic mass is 127. The number of anilines is 1. The van der Waals surface area contributed by atoms with Gasteiger partial charge < -0.3 is 16.0 Å². The minimum Gasteiger partial charge on any atom is -0.370 e. The van der Waals surface area contributed by atoms with Crippen LogP contribution in [0, 0.1) is 0 Å². The van der Waals surface area contributed by atoms with Gasteiger partial charge in [0.25, 0.3) is 0 Å². The average Bonchev–Trinajstić information content (AvgIpc) is 3.22. The van der Waals surface area contributed by atoms with Crippen LogP contribution in [-0.2, 0) is 6.42 Å². The molecule has 1 aromatic carbocycles. The SMILES string of the molecule is I.NC(=NCCCCN1CCN(c2ccccc2)CC1)NCCc1cccs1. The van der Waals surface area contributed by atoms with Gasteiger partial charge in [0.05, 0.1) is 0 Å². The van der Waals surface area contributed by atoms with Crippen LogP contribution in [0.1, 0.15) is 17.7 Å². The summed E-state index contributed by atoms with van der Waals surface area (Å²) in [5, 5.41) is 5.31. The molecular formula is C21H32IN5S. The molecule has 1 aliphatic heterocycles. The minimum atomic E-state index is 0. The Kier molecular flexibility index (Phi) is 10.7. The molecule has 5 nitrogen and oxygen atoms in total. The van der Waals surface area contributed by atoms with E-state index in [4.69, 9.17) is 5.73 Å². The molecule has 0 atom stereocenters. The maximum absolute atomic E-state index is 5.94. The number of guanidine groups is 1. The lowest BCUT2D eigenvalue weighted by Gasteiger charge is -2.36. The van der Waals surface area contributed by atoms with Crippen molar-refractivity contribution in [2.24, 2.45) is 10.7 Å². The number of hydrogen-bond donors (Lipinski definition) is 2. The van der Waals surface area contributed by atoms with Crippen molar-refractivity contribution in [2.75, 3.05) is 50.7 Å². The Labute approximate surface area is 190 Å². The first-order valence-corrected chi connectivity index (χ1v) is 10.8. The van der Waals surface area contributed by atoms with Gasteiger partial charge in [0.1, 0.15) is 0 Å². The summed E-state index contributed by atoms with van der Waals surface area (Å²) < 4.78 is 0. The molecule has 0 amide bonds. The van der Waals surface area contributed by atoms with Crippen molar-refractivity contribution in [3.05, 3.63) is 52.7 Å². The molecule has 2 aromatic rings. The molecule has 7 heteroatoms. The van der Waals surface area contributed by atoms with E-state index < -0.39 is 0 Å². The van der Waals surface area contributed by atoms with E-state index in [0.717, 1.165) is 58.7 Å². The quantitative estimate of drug-likeness (QED) is 0.234. The van der Waals surface area contributed by atoms with Gasteiger partial charge in [-0.1, -0.05) is 24.3 Å². The number of hydrogen-bond acceptors (Lipinski definition) is 4. The average molecular weight is 513 g/mol. The molecule has 1 saturated heterocycles. The molecule has 1 fully saturated rings. The summed E-state index contributed by atoms with van der Waals surface area (Å²) in [6.45, 7) is 7.33. The number of aliphatic imine (C=N–C) groups is 1. The first-order valence-electron chi connectivity index (χ1n) is 9.90. The molecule has 2 heterocycles. The zero-order valence-corrected chi connectivity index (χ0v) is 19.6. The lowest BCUT2D eigenvalue weighted by molar-refractivity contribution is 0.253. The highest BCUT2D eigenvalue weighted by molar-refractivity contribution is 14.0. The number of piperazine rings is 1. The van der Waals surface area contributed by atoms with E-state index in [9.17, 15) is 0 Å². The molecular weight excluding hydrogens is 481 g/mol. The Morgan fingerprint density at radius 3 is 2.54 bits per heavy atom. The van der Waals surface area contributed by atoms with E-state index in [0.29, 0.717) is 5.96 Å². The first kappa shape index (κ1) is 23.0. The number of para-hydroxylation sites is 1. The molecule has 0 unspecified atom stereocenters. The number of benzene rings is 1. The number of nitrogens with zero attached hydrogens (tertiary/aromatic N) is 3. The van der Waals surface area contributed by atoms with E-state index in [2.05, 4.69) is 68.0 Å². The van der Waals surface area contributed by atoms with Crippen LogP contribution in [0.4, 0.5) is 5.69 Å². The summed E-state index contributed by atoms with van der Waals surface area (Å²) >= 11 is 1.78. The van der Waals surface area contributed by atoms with Crippen molar-refractivity contribution in [2.45, 2.75) is 19.3 Å². The van der Waals surface area contributed by atoms with Gasteiger partial charge in [-0.3, -0.25) is 9.89 Å². The minimum absolute atomic E-state index is 0. The number of rotatable bonds is 9. The summed E-state index contributed by atoms with van der Waals surface area (Å²) in [4.78, 5) is 10.9. The molecule has 0 aliphatic carbocycles. The van der Waals surface area contributed by atoms with Crippen LogP contribution < -0.4 is 16.0 Å². The highest BCUT2D eigenvalue weighted by Gasteiger charge is 2.16. The van der Waals surface area contributed by atoms with Crippen molar-refractivity contribution in [1.29, 1.82) is 0 Å². The Morgan fingerprint density at radius 2 is 1.82 bits per heavy atom. The van der Waals surface area contributed by atoms with Crippen LogP contribution in [0.5, 0.6) is 0 Å². The fraction of sp³-hybridized carbons (Fsp3) is 0.476. The van der Waals surface area contributed by atoms with Gasteiger partial charge in [-0.15, -0.1) is 35.3 Å². The van der Waals surface area contributed by atoms with Gasteiger partial charge >= 0.3 is 0 Å². The van der Waals surface area contributed by atoms with Gasteiger partial charge in [-0.25, -0.2) is 0 Å². The van der Waals surface area contributed by atoms with Crippen LogP contribution >= 0.6 is 35.3 Å². The fourth-order valence-electron chi connectivity index (χ4n) is 3.34. The van der Waals surface area contributed by atoms with Gasteiger partial charge in [-0.05, 0) is 49.4 Å². The maximum atomic E-state index is 5.94. The van der Waals surface area contributed by atoms with Crippen molar-refractivity contribution >= 4 is 47.0 Å². The standard InChI is InChI=1S/C21H31N5S.HI/c22-21(24-12-10-20-9-6-18-27-20)23-11-4-5-13-25-14-16-26(17-15-25)19-7-2-1-3-8-19;/h1-3,6-9,18H,4-5,10-17H2,(H3,22,23,24);1H. The van der Waals surface area contributed by atoms with Gasteiger partial charge in [0.2, 0.25) is 0 Å². The molecule has 154 valence electrons. The smallest absolute Gasteiger partial charge is 0.188 e. The fourth-order valence-corrected chi connectivity index (χ4v) is 4.05. The summed E-state index contributed by atoms with van der Waals surface area (Å²) in [5.74, 6) is 0.572. The molecule has 1 aliphatic rings. The van der Waals surface area contributed by atoms with E-state index in [1.54, 1.807) is 11.3 Å². The highest BCUT2D eigenvalue weighted by Crippen LogP contribution is 2.15. The topological polar surface area (TPSA) is 56.9 Å². The maximum Gasteiger partial charge on any atom is 0.188 e. The molecule has 3 N–H and O–H groups in total. The Balaban J connectivity index is 0.00000280. The summed E-state index contributed by atoms with van der Waals surface area (Å²) in [7, 11) is 0. The van der Waals surface area contributed by atoms with Crippen LogP contribution in [0.2, 0.25) is 0 Å². The second-order valence-corrected chi connectivity index (χ2v) is 7.93. The summed E-state index contributed by atoms with van der Waals surface area (Å²) in [6, 6.07) is 14.9. The molecule has 28 heavy (non-hydrogen) atoms. The number of thiophene rings is 1. The van der Waals surface area contributed by atoms with E-state index in [1.807, 2.05) is 0 Å². The predicted molar refractivity (Wildman–Crippen MR) is 132 cm³/mol. The van der Waals surface area contributed by atoms with Crippen molar-refractivity contribution < 1.29 is 0 Å². The number of nitrogens with two attached hydrogens (primary N) is 1. The lowest BCUT2D eigenvalue weighted by atomic mass is 10.2. The molecule has 0 saturated carbocycles. The van der Waals surface area contributed by atoms with Gasteiger partial charge in [-0.2, -0.15) is 0 Å². The van der Waals surface area contributed by atoms with Crippen LogP contribution in [-0.4, -0.2) is 56.7 Å². The summed E-state index contributed by atoms with van der Waals surface area (Å²) in [6.07, 6.45) is 3.27. The second-order valence-electron chi connectivity index (χ2n) is 6.89. The van der Waals surface area contributed by atoms with E-state index >= 15 is 0 Å². The Morgan fingerprint density at radius 1 is 1.04 bits per heavy atom. The molecule has 0 spiro atoms. The normalized spacial score (nSPS) is 15.3. The number of nitrogens with one attached hydrogen (secondary N) is 1. The van der Waals surface area contributed by atoms with Crippen LogP contribution in [0.3, 0.4) is 0 Å². The number of unbranched alkanes of at least 4 members (excludes halogenated alkanes) is 1. The second kappa shape index (κ2) is 13.0. The first-order chi connectivity index (χ1) is 13.3. The zero-order chi connectivity index (χ0) is 18.7. The molecule has 1 aromatic heterocycles. The van der Waals surface area contributed by atoms with Gasteiger partial charge in [0, 0.05) is 49.8 Å². The monoisotopic (exact) mass is 513 g/mol. The van der Waals surface area contributed by atoms with Gasteiger partial charge in [0.15, 0.2) is 5.96 Å². The molecule has 0 radical (unpaired) electrons. The van der Waals surface area contributed by atoms with Crippen molar-refractivity contribution in [1.82, 2.24) is 10.2 Å². The largest absolute Gasteiger partial charge is 0.370 e. The van der Waals surface area contributed by atoms with Crippen LogP contribution in [0.25, 0.3) is 0 Å². The van der Waals surface area contributed by atoms with E-state index in [1.165, 1.54) is 17.0 Å². The Hall–Kier alpha value is -1.32. The summed E-state index contributed by atoms with van der Waals surface area (Å²) in [5.41, 5.74) is 7.28. The third-order valence-corrected chi connectivity index (χ3v) is 5.85. The zero-order valence-electron chi connectivity index (χ0n) is 16.4. The third kappa shape index (κ3) is 7.97. The van der Waals surface area contributed by atoms with Crippen molar-refractivity contribution in [3.63, 3.8) is 0 Å². The third-order valence-electron chi connectivity index (χ3n) is 4.92. The lowest BCUT2D eigenvalue weighted by Crippen LogP contribution is -2.46. The number of halogens is 1. The predicted octanol–water partition coefficient (Wildman–Crippen LogP) is 3.42.